The molecule has 0 unspecified atom stereocenters. The number of carbonyl (C=O) groups is 1. The van der Waals surface area contributed by atoms with Crippen molar-refractivity contribution < 1.29 is 22.7 Å². The third kappa shape index (κ3) is 3.31. The third-order valence-electron chi connectivity index (χ3n) is 4.73. The zero-order valence-corrected chi connectivity index (χ0v) is 17.1. The zero-order chi connectivity index (χ0) is 21.3. The van der Waals surface area contributed by atoms with Crippen molar-refractivity contribution in [1.29, 1.82) is 0 Å². The molecule has 2 heterocycles. The predicted molar refractivity (Wildman–Crippen MR) is 111 cm³/mol. The van der Waals surface area contributed by atoms with E-state index in [9.17, 15) is 13.2 Å². The minimum Gasteiger partial charge on any atom is -0.497 e. The first kappa shape index (κ1) is 19.7. The predicted octanol–water partition coefficient (Wildman–Crippen LogP) is 3.64. The molecule has 0 aliphatic rings. The molecule has 2 aromatic heterocycles. The lowest BCUT2D eigenvalue weighted by Gasteiger charge is -2.08. The molecule has 0 spiro atoms. The summed E-state index contributed by atoms with van der Waals surface area (Å²) in [7, 11) is -0.794. The number of benzene rings is 2. The Balaban J connectivity index is 1.83. The van der Waals surface area contributed by atoms with Crippen LogP contribution in [0.1, 0.15) is 16.1 Å². The van der Waals surface area contributed by atoms with Gasteiger partial charge in [0.25, 0.3) is 0 Å². The van der Waals surface area contributed by atoms with E-state index in [-0.39, 0.29) is 21.3 Å². The summed E-state index contributed by atoms with van der Waals surface area (Å²) < 4.78 is 36.7. The summed E-state index contributed by atoms with van der Waals surface area (Å²) in [6.45, 7) is 0. The number of fused-ring (bicyclic) bond motifs is 1. The second-order valence-corrected chi connectivity index (χ2v) is 8.38. The van der Waals surface area contributed by atoms with Gasteiger partial charge in [-0.05, 0) is 36.4 Å². The Bertz CT molecular complexity index is 1340. The van der Waals surface area contributed by atoms with Crippen LogP contribution in [0.3, 0.4) is 0 Å². The Labute approximate surface area is 173 Å². The van der Waals surface area contributed by atoms with E-state index in [0.717, 1.165) is 0 Å². The Kier molecular flexibility index (Phi) is 5.01. The van der Waals surface area contributed by atoms with Crippen LogP contribution in [-0.2, 0) is 9.84 Å². The molecule has 0 bridgehead atoms. The number of pyridine rings is 1. The summed E-state index contributed by atoms with van der Waals surface area (Å²) in [5.41, 5.74) is 0.830. The highest BCUT2D eigenvalue weighted by atomic mass is 32.2. The normalized spacial score (nSPS) is 11.4. The van der Waals surface area contributed by atoms with Crippen molar-refractivity contribution in [1.82, 2.24) is 9.97 Å². The fourth-order valence-electron chi connectivity index (χ4n) is 3.22. The lowest BCUT2D eigenvalue weighted by Crippen LogP contribution is -2.04. The van der Waals surface area contributed by atoms with Crippen LogP contribution in [0.4, 0.5) is 0 Å². The zero-order valence-electron chi connectivity index (χ0n) is 16.2. The van der Waals surface area contributed by atoms with Gasteiger partial charge in [-0.1, -0.05) is 18.2 Å². The maximum absolute atomic E-state index is 13.1. The number of rotatable bonds is 6. The molecule has 0 aliphatic heterocycles. The van der Waals surface area contributed by atoms with Crippen molar-refractivity contribution in [2.75, 3.05) is 14.2 Å². The Morgan fingerprint density at radius 3 is 2.43 bits per heavy atom. The van der Waals surface area contributed by atoms with Gasteiger partial charge in [-0.15, -0.1) is 0 Å². The smallest absolute Gasteiger partial charge is 0.212 e. The first-order valence-corrected chi connectivity index (χ1v) is 10.5. The van der Waals surface area contributed by atoms with Crippen LogP contribution in [0.5, 0.6) is 11.5 Å². The average Bonchev–Trinajstić information content (AvgIpc) is 3.23. The van der Waals surface area contributed by atoms with Crippen LogP contribution in [0, 0.1) is 0 Å². The number of hydrogen-bond acceptors (Lipinski definition) is 6. The molecule has 2 aromatic carbocycles. The quantitative estimate of drug-likeness (QED) is 0.476. The fraction of sp³-hybridized carbons (Fsp3) is 0.0909. The first-order valence-electron chi connectivity index (χ1n) is 9.00. The molecule has 0 aliphatic carbocycles. The summed E-state index contributed by atoms with van der Waals surface area (Å²) in [5.74, 6) is 0.552. The Hall–Kier alpha value is -3.65. The van der Waals surface area contributed by atoms with Crippen LogP contribution in [0.15, 0.2) is 76.7 Å². The maximum Gasteiger partial charge on any atom is 0.212 e. The van der Waals surface area contributed by atoms with Gasteiger partial charge in [0.05, 0.1) is 35.3 Å². The van der Waals surface area contributed by atoms with Gasteiger partial charge in [-0.3, -0.25) is 4.79 Å². The summed E-state index contributed by atoms with van der Waals surface area (Å²) in [6.07, 6.45) is 1.40. The second-order valence-electron chi connectivity index (χ2n) is 6.47. The molecule has 7 nitrogen and oxygen atoms in total. The summed E-state index contributed by atoms with van der Waals surface area (Å²) in [5, 5.41) is 0.345. The number of H-pyrrole nitrogens is 1. The van der Waals surface area contributed by atoms with E-state index < -0.39 is 9.84 Å². The molecular weight excluding hydrogens is 404 g/mol. The number of nitrogens with zero attached hydrogens (tertiary/aromatic N) is 1. The third-order valence-corrected chi connectivity index (χ3v) is 6.56. The summed E-state index contributed by atoms with van der Waals surface area (Å²) in [4.78, 5) is 20.5. The lowest BCUT2D eigenvalue weighted by molar-refractivity contribution is 0.103. The Morgan fingerprint density at radius 2 is 1.73 bits per heavy atom. The van der Waals surface area contributed by atoms with Crippen LogP contribution >= 0.6 is 0 Å². The average molecular weight is 422 g/mol. The van der Waals surface area contributed by atoms with Gasteiger partial charge >= 0.3 is 0 Å². The summed E-state index contributed by atoms with van der Waals surface area (Å²) in [6, 6.07) is 15.9. The Morgan fingerprint density at radius 1 is 0.967 bits per heavy atom. The molecule has 0 saturated heterocycles. The maximum atomic E-state index is 13.1. The van der Waals surface area contributed by atoms with Crippen molar-refractivity contribution in [2.24, 2.45) is 0 Å². The van der Waals surface area contributed by atoms with Crippen LogP contribution in [0.25, 0.3) is 11.0 Å². The van der Waals surface area contributed by atoms with Crippen molar-refractivity contribution in [2.45, 2.75) is 9.79 Å². The largest absolute Gasteiger partial charge is 0.497 e. The molecule has 4 aromatic rings. The van der Waals surface area contributed by atoms with Crippen molar-refractivity contribution in [3.63, 3.8) is 0 Å². The minimum atomic E-state index is -3.78. The highest BCUT2D eigenvalue weighted by Gasteiger charge is 2.24. The number of ether oxygens (including phenoxy) is 2. The fourth-order valence-corrected chi connectivity index (χ4v) is 4.67. The molecule has 0 radical (unpaired) electrons. The van der Waals surface area contributed by atoms with Crippen molar-refractivity contribution in [3.8, 4) is 11.5 Å². The monoisotopic (exact) mass is 422 g/mol. The second kappa shape index (κ2) is 7.64. The number of ketones is 1. The van der Waals surface area contributed by atoms with Crippen LogP contribution in [0.2, 0.25) is 0 Å². The van der Waals surface area contributed by atoms with E-state index >= 15 is 0 Å². The molecule has 0 saturated carbocycles. The molecular formula is C22H18N2O5S. The number of sulfone groups is 1. The van der Waals surface area contributed by atoms with Crippen LogP contribution in [-0.4, -0.2) is 38.4 Å². The number of aromatic nitrogens is 2. The number of methoxy groups -OCH3 is 2. The number of aromatic amines is 1. The van der Waals surface area contributed by atoms with Gasteiger partial charge in [0.1, 0.15) is 17.1 Å². The van der Waals surface area contributed by atoms with E-state index in [1.807, 2.05) is 0 Å². The number of carbonyl (C=O) groups excluding carboxylic acids is 1. The molecule has 30 heavy (non-hydrogen) atoms. The van der Waals surface area contributed by atoms with E-state index in [0.29, 0.717) is 28.1 Å². The van der Waals surface area contributed by atoms with Gasteiger partial charge in [0, 0.05) is 17.6 Å². The molecule has 4 rings (SSSR count). The minimum absolute atomic E-state index is 0.0793. The van der Waals surface area contributed by atoms with Crippen molar-refractivity contribution >= 4 is 26.7 Å². The van der Waals surface area contributed by atoms with Gasteiger partial charge < -0.3 is 14.5 Å². The molecule has 1 N–H and O–H groups in total. The molecule has 8 heteroatoms. The van der Waals surface area contributed by atoms with Gasteiger partial charge in [-0.2, -0.15) is 0 Å². The number of hydrogen-bond donors (Lipinski definition) is 1. The van der Waals surface area contributed by atoms with E-state index in [1.54, 1.807) is 36.4 Å². The van der Waals surface area contributed by atoms with Crippen molar-refractivity contribution in [3.05, 3.63) is 78.1 Å². The van der Waals surface area contributed by atoms with Crippen LogP contribution < -0.4 is 9.47 Å². The van der Waals surface area contributed by atoms with E-state index in [4.69, 9.17) is 9.47 Å². The van der Waals surface area contributed by atoms with E-state index in [1.165, 1.54) is 44.7 Å². The molecule has 152 valence electrons. The molecule has 0 amide bonds. The van der Waals surface area contributed by atoms with Gasteiger partial charge in [0.15, 0.2) is 0 Å². The molecule has 0 atom stereocenters. The standard InChI is InChI=1S/C22H18N2O5S/c1-28-14-8-9-16(19(12-14)29-2)21(25)18-13-17-20(10-11-23-22(17)24-18)30(26,27)15-6-4-3-5-7-15/h3-13H,1-2H3,(H,23,24). The molecule has 0 fully saturated rings. The highest BCUT2D eigenvalue weighted by Crippen LogP contribution is 2.30. The number of nitrogens with one attached hydrogen (secondary N) is 1. The van der Waals surface area contributed by atoms with E-state index in [2.05, 4.69) is 9.97 Å². The highest BCUT2D eigenvalue weighted by molar-refractivity contribution is 7.91. The van der Waals surface area contributed by atoms with Gasteiger partial charge in [-0.25, -0.2) is 13.4 Å². The van der Waals surface area contributed by atoms with Gasteiger partial charge in [0.2, 0.25) is 15.6 Å². The first-order chi connectivity index (χ1) is 14.5. The lowest BCUT2D eigenvalue weighted by atomic mass is 10.1. The summed E-state index contributed by atoms with van der Waals surface area (Å²) >= 11 is 0. The topological polar surface area (TPSA) is 98.4 Å². The SMILES string of the molecule is COc1ccc(C(=O)c2cc3c(S(=O)(=O)c4ccccc4)ccnc3[nH]2)c(OC)c1.